The van der Waals surface area contributed by atoms with Crippen LogP contribution < -0.4 is 9.08 Å². The summed E-state index contributed by atoms with van der Waals surface area (Å²) in [5.74, 6) is -2.05. The molecule has 1 saturated heterocycles. The third kappa shape index (κ3) is 3.23. The summed E-state index contributed by atoms with van der Waals surface area (Å²) in [5.41, 5.74) is 0.624. The lowest BCUT2D eigenvalue weighted by atomic mass is 10.3. The standard InChI is InChI=1S/C16H13F2NO4S/c17-11-3-8-14(18)15(10-11)24(21,22)23-13-6-4-12(5-7-13)19-9-1-2-16(19)20/h3-8,10H,1-2,9H2. The van der Waals surface area contributed by atoms with Gasteiger partial charge in [0.25, 0.3) is 0 Å². The van der Waals surface area contributed by atoms with Crippen molar-refractivity contribution in [1.82, 2.24) is 0 Å². The number of carbonyl (C=O) groups is 1. The minimum Gasteiger partial charge on any atom is -0.379 e. The lowest BCUT2D eigenvalue weighted by Gasteiger charge is -2.16. The van der Waals surface area contributed by atoms with Crippen LogP contribution in [0.4, 0.5) is 14.5 Å². The van der Waals surface area contributed by atoms with Crippen molar-refractivity contribution in [2.45, 2.75) is 17.7 Å². The highest BCUT2D eigenvalue weighted by Gasteiger charge is 2.24. The molecular formula is C16H13F2NO4S. The summed E-state index contributed by atoms with van der Waals surface area (Å²) >= 11 is 0. The monoisotopic (exact) mass is 353 g/mol. The second-order valence-electron chi connectivity index (χ2n) is 5.26. The Morgan fingerprint density at radius 2 is 1.75 bits per heavy atom. The van der Waals surface area contributed by atoms with Crippen LogP contribution in [0, 0.1) is 11.6 Å². The van der Waals surface area contributed by atoms with Gasteiger partial charge in [0.15, 0.2) is 0 Å². The van der Waals surface area contributed by atoms with Crippen molar-refractivity contribution in [3.05, 3.63) is 54.1 Å². The molecule has 1 heterocycles. The van der Waals surface area contributed by atoms with Gasteiger partial charge in [-0.3, -0.25) is 4.79 Å². The van der Waals surface area contributed by atoms with Crippen molar-refractivity contribution >= 4 is 21.7 Å². The summed E-state index contributed by atoms with van der Waals surface area (Å²) < 4.78 is 55.7. The largest absolute Gasteiger partial charge is 0.379 e. The van der Waals surface area contributed by atoms with Crippen LogP contribution in [-0.2, 0) is 14.9 Å². The first-order valence-electron chi connectivity index (χ1n) is 7.17. The van der Waals surface area contributed by atoms with Gasteiger partial charge >= 0.3 is 10.1 Å². The molecule has 24 heavy (non-hydrogen) atoms. The first-order valence-corrected chi connectivity index (χ1v) is 8.57. The van der Waals surface area contributed by atoms with Gasteiger partial charge in [0.2, 0.25) is 5.91 Å². The number of hydrogen-bond donors (Lipinski definition) is 0. The number of amides is 1. The molecule has 2 aromatic carbocycles. The molecule has 126 valence electrons. The molecule has 2 aromatic rings. The number of carbonyl (C=O) groups excluding carboxylic acids is 1. The molecule has 0 aromatic heterocycles. The van der Waals surface area contributed by atoms with Gasteiger partial charge in [-0.25, -0.2) is 8.78 Å². The number of anilines is 1. The second-order valence-corrected chi connectivity index (χ2v) is 6.77. The van der Waals surface area contributed by atoms with Crippen LogP contribution in [0.1, 0.15) is 12.8 Å². The fourth-order valence-electron chi connectivity index (χ4n) is 2.44. The van der Waals surface area contributed by atoms with Crippen molar-refractivity contribution in [3.63, 3.8) is 0 Å². The predicted octanol–water partition coefficient (Wildman–Crippen LogP) is 2.86. The van der Waals surface area contributed by atoms with Crippen LogP contribution in [0.25, 0.3) is 0 Å². The Morgan fingerprint density at radius 1 is 1.04 bits per heavy atom. The minimum atomic E-state index is -4.50. The van der Waals surface area contributed by atoms with E-state index in [1.54, 1.807) is 4.90 Å². The highest BCUT2D eigenvalue weighted by atomic mass is 32.2. The maximum Gasteiger partial charge on any atom is 0.342 e. The van der Waals surface area contributed by atoms with E-state index in [0.29, 0.717) is 30.8 Å². The molecule has 0 radical (unpaired) electrons. The predicted molar refractivity (Wildman–Crippen MR) is 82.2 cm³/mol. The SMILES string of the molecule is O=C1CCCN1c1ccc(OS(=O)(=O)c2cc(F)ccc2F)cc1. The van der Waals surface area contributed by atoms with E-state index in [0.717, 1.165) is 12.5 Å². The van der Waals surface area contributed by atoms with E-state index in [9.17, 15) is 22.0 Å². The van der Waals surface area contributed by atoms with Crippen molar-refractivity contribution in [1.29, 1.82) is 0 Å². The maximum atomic E-state index is 13.6. The first-order chi connectivity index (χ1) is 11.4. The van der Waals surface area contributed by atoms with Gasteiger partial charge < -0.3 is 9.08 Å². The average molecular weight is 353 g/mol. The van der Waals surface area contributed by atoms with Gasteiger partial charge in [-0.05, 0) is 48.9 Å². The highest BCUT2D eigenvalue weighted by molar-refractivity contribution is 7.87. The lowest BCUT2D eigenvalue weighted by molar-refractivity contribution is -0.117. The van der Waals surface area contributed by atoms with E-state index in [4.69, 9.17) is 4.18 Å². The molecule has 0 atom stereocenters. The summed E-state index contributed by atoms with van der Waals surface area (Å²) in [6, 6.07) is 7.88. The van der Waals surface area contributed by atoms with E-state index in [1.165, 1.54) is 24.3 Å². The highest BCUT2D eigenvalue weighted by Crippen LogP contribution is 2.26. The average Bonchev–Trinajstić information content (AvgIpc) is 2.96. The quantitative estimate of drug-likeness (QED) is 0.793. The van der Waals surface area contributed by atoms with Gasteiger partial charge in [-0.1, -0.05) is 0 Å². The Kier molecular flexibility index (Phi) is 4.23. The molecule has 5 nitrogen and oxygen atoms in total. The van der Waals surface area contributed by atoms with Crippen LogP contribution in [0.15, 0.2) is 47.4 Å². The van der Waals surface area contributed by atoms with Crippen LogP contribution in [-0.4, -0.2) is 20.9 Å². The van der Waals surface area contributed by atoms with E-state index >= 15 is 0 Å². The topological polar surface area (TPSA) is 63.7 Å². The maximum absolute atomic E-state index is 13.6. The number of benzene rings is 2. The Morgan fingerprint density at radius 3 is 2.38 bits per heavy atom. The first kappa shape index (κ1) is 16.4. The van der Waals surface area contributed by atoms with E-state index in [-0.39, 0.29) is 11.7 Å². The van der Waals surface area contributed by atoms with E-state index in [2.05, 4.69) is 0 Å². The van der Waals surface area contributed by atoms with Gasteiger partial charge in [-0.2, -0.15) is 8.42 Å². The number of rotatable bonds is 4. The van der Waals surface area contributed by atoms with Gasteiger partial charge in [0.05, 0.1) is 0 Å². The minimum absolute atomic E-state index is 0.00174. The second kappa shape index (κ2) is 6.20. The molecule has 1 aliphatic heterocycles. The molecule has 0 aliphatic carbocycles. The molecule has 8 heteroatoms. The van der Waals surface area contributed by atoms with Crippen LogP contribution >= 0.6 is 0 Å². The number of nitrogens with zero attached hydrogens (tertiary/aromatic N) is 1. The van der Waals surface area contributed by atoms with Gasteiger partial charge in [0, 0.05) is 18.7 Å². The zero-order chi connectivity index (χ0) is 17.3. The van der Waals surface area contributed by atoms with Crippen molar-refractivity contribution in [2.75, 3.05) is 11.4 Å². The van der Waals surface area contributed by atoms with E-state index < -0.39 is 26.6 Å². The molecule has 0 spiro atoms. The number of halogens is 2. The normalized spacial score (nSPS) is 14.9. The molecule has 0 bridgehead atoms. The molecular weight excluding hydrogens is 340 g/mol. The molecule has 0 N–H and O–H groups in total. The van der Waals surface area contributed by atoms with Crippen LogP contribution in [0.2, 0.25) is 0 Å². The van der Waals surface area contributed by atoms with Crippen molar-refractivity contribution in [3.8, 4) is 5.75 Å². The zero-order valence-electron chi connectivity index (χ0n) is 12.4. The Bertz CT molecular complexity index is 881. The smallest absolute Gasteiger partial charge is 0.342 e. The van der Waals surface area contributed by atoms with Gasteiger partial charge in [0.1, 0.15) is 22.3 Å². The molecule has 3 rings (SSSR count). The van der Waals surface area contributed by atoms with Crippen LogP contribution in [0.5, 0.6) is 5.75 Å². The summed E-state index contributed by atoms with van der Waals surface area (Å²) in [7, 11) is -4.50. The summed E-state index contributed by atoms with van der Waals surface area (Å²) in [6.45, 7) is 0.603. The van der Waals surface area contributed by atoms with Crippen molar-refractivity contribution in [2.24, 2.45) is 0 Å². The molecule has 1 amide bonds. The molecule has 0 saturated carbocycles. The number of hydrogen-bond acceptors (Lipinski definition) is 4. The zero-order valence-corrected chi connectivity index (χ0v) is 13.2. The summed E-state index contributed by atoms with van der Waals surface area (Å²) in [6.07, 6.45) is 1.25. The molecule has 0 unspecified atom stereocenters. The Labute approximate surface area is 137 Å². The van der Waals surface area contributed by atoms with E-state index in [1.807, 2.05) is 0 Å². The molecule has 1 aliphatic rings. The Balaban J connectivity index is 1.83. The summed E-state index contributed by atoms with van der Waals surface area (Å²) in [5, 5.41) is 0. The lowest BCUT2D eigenvalue weighted by Crippen LogP contribution is -2.23. The Hall–Kier alpha value is -2.48. The van der Waals surface area contributed by atoms with Gasteiger partial charge in [-0.15, -0.1) is 0 Å². The fourth-order valence-corrected chi connectivity index (χ4v) is 3.46. The molecule has 1 fully saturated rings. The third-order valence-corrected chi connectivity index (χ3v) is 4.85. The summed E-state index contributed by atoms with van der Waals surface area (Å²) in [4.78, 5) is 12.4. The fraction of sp³-hybridized carbons (Fsp3) is 0.188. The van der Waals surface area contributed by atoms with Crippen LogP contribution in [0.3, 0.4) is 0 Å². The third-order valence-electron chi connectivity index (χ3n) is 3.59. The van der Waals surface area contributed by atoms with Crippen molar-refractivity contribution < 1.29 is 26.2 Å².